The fourth-order valence-electron chi connectivity index (χ4n) is 3.71. The summed E-state index contributed by atoms with van der Waals surface area (Å²) in [5.41, 5.74) is 1.90. The normalized spacial score (nSPS) is 17.4. The van der Waals surface area contributed by atoms with Gasteiger partial charge < -0.3 is 14.5 Å². The van der Waals surface area contributed by atoms with Crippen molar-refractivity contribution in [3.63, 3.8) is 0 Å². The minimum absolute atomic E-state index is 0.0253. The molecule has 7 heteroatoms. The van der Waals surface area contributed by atoms with Gasteiger partial charge in [0, 0.05) is 51.3 Å². The van der Waals surface area contributed by atoms with Gasteiger partial charge in [-0.3, -0.25) is 9.59 Å². The highest BCUT2D eigenvalue weighted by Crippen LogP contribution is 2.21. The molecule has 1 saturated heterocycles. The predicted octanol–water partition coefficient (Wildman–Crippen LogP) is 2.35. The van der Waals surface area contributed by atoms with Crippen LogP contribution in [-0.2, 0) is 18.3 Å². The third kappa shape index (κ3) is 3.63. The number of rotatable bonds is 5. The number of carbonyl (C=O) groups excluding carboxylic acids is 2. The van der Waals surface area contributed by atoms with E-state index in [0.29, 0.717) is 31.8 Å². The predicted molar refractivity (Wildman–Crippen MR) is 101 cm³/mol. The van der Waals surface area contributed by atoms with Crippen molar-refractivity contribution < 1.29 is 9.59 Å². The standard InChI is InChI=1S/C20H23N5O2/c1-24-12-10-21-20(24)19(27)14-5-4-11-25(13-14)18(26)9-8-17-22-15-6-2-3-7-16(15)23-17/h2-3,6-7,10,12,14H,4-5,8-9,11,13H2,1H3,(H,22,23). The Hall–Kier alpha value is -2.96. The fourth-order valence-corrected chi connectivity index (χ4v) is 3.71. The maximum absolute atomic E-state index is 12.7. The molecule has 0 spiro atoms. The van der Waals surface area contributed by atoms with Crippen molar-refractivity contribution in [2.75, 3.05) is 13.1 Å². The largest absolute Gasteiger partial charge is 0.342 e. The molecular weight excluding hydrogens is 342 g/mol. The highest BCUT2D eigenvalue weighted by atomic mass is 16.2. The van der Waals surface area contributed by atoms with E-state index in [1.165, 1.54) is 0 Å². The molecule has 4 rings (SSSR count). The number of para-hydroxylation sites is 2. The average Bonchev–Trinajstić information content (AvgIpc) is 3.31. The molecule has 0 aliphatic carbocycles. The number of benzene rings is 1. The van der Waals surface area contributed by atoms with Gasteiger partial charge in [0.15, 0.2) is 5.82 Å². The molecule has 1 aliphatic heterocycles. The number of imidazole rings is 2. The zero-order valence-corrected chi connectivity index (χ0v) is 15.4. The number of H-pyrrole nitrogens is 1. The first kappa shape index (κ1) is 17.5. The van der Waals surface area contributed by atoms with Crippen molar-refractivity contribution >= 4 is 22.7 Å². The Kier molecular flexibility index (Phi) is 4.75. The van der Waals surface area contributed by atoms with Crippen LogP contribution in [0.25, 0.3) is 11.0 Å². The lowest BCUT2D eigenvalue weighted by Crippen LogP contribution is -2.42. The summed E-state index contributed by atoms with van der Waals surface area (Å²) in [5.74, 6) is 1.22. The Balaban J connectivity index is 1.37. The monoisotopic (exact) mass is 365 g/mol. The third-order valence-electron chi connectivity index (χ3n) is 5.20. The quantitative estimate of drug-likeness (QED) is 0.704. The van der Waals surface area contributed by atoms with E-state index in [2.05, 4.69) is 15.0 Å². The Morgan fingerprint density at radius 2 is 2.15 bits per heavy atom. The van der Waals surface area contributed by atoms with E-state index in [0.717, 1.165) is 29.7 Å². The van der Waals surface area contributed by atoms with E-state index in [1.54, 1.807) is 17.0 Å². The molecule has 27 heavy (non-hydrogen) atoms. The molecule has 1 fully saturated rings. The summed E-state index contributed by atoms with van der Waals surface area (Å²) in [7, 11) is 1.82. The molecule has 2 aromatic heterocycles. The number of aryl methyl sites for hydroxylation is 2. The van der Waals surface area contributed by atoms with Crippen LogP contribution in [0.4, 0.5) is 0 Å². The number of amides is 1. The van der Waals surface area contributed by atoms with Crippen molar-refractivity contribution in [2.45, 2.75) is 25.7 Å². The molecule has 1 amide bonds. The topological polar surface area (TPSA) is 83.9 Å². The first-order valence-corrected chi connectivity index (χ1v) is 9.35. The van der Waals surface area contributed by atoms with Crippen LogP contribution in [0.5, 0.6) is 0 Å². The van der Waals surface area contributed by atoms with Crippen LogP contribution in [0, 0.1) is 5.92 Å². The Labute approximate surface area is 157 Å². The van der Waals surface area contributed by atoms with Gasteiger partial charge in [-0.1, -0.05) is 12.1 Å². The van der Waals surface area contributed by atoms with Gasteiger partial charge >= 0.3 is 0 Å². The summed E-state index contributed by atoms with van der Waals surface area (Å²) in [6, 6.07) is 7.84. The molecule has 140 valence electrons. The van der Waals surface area contributed by atoms with Gasteiger partial charge in [-0.15, -0.1) is 0 Å². The SMILES string of the molecule is Cn1ccnc1C(=O)C1CCCN(C(=O)CCc2nc3ccccc3[nH]2)C1. The van der Waals surface area contributed by atoms with Crippen LogP contribution >= 0.6 is 0 Å². The number of piperidine rings is 1. The van der Waals surface area contributed by atoms with E-state index in [4.69, 9.17) is 0 Å². The maximum Gasteiger partial charge on any atom is 0.223 e. The molecule has 7 nitrogen and oxygen atoms in total. The van der Waals surface area contributed by atoms with Crippen molar-refractivity contribution in [3.8, 4) is 0 Å². The molecule has 1 atom stereocenters. The lowest BCUT2D eigenvalue weighted by molar-refractivity contribution is -0.132. The van der Waals surface area contributed by atoms with Crippen LogP contribution < -0.4 is 0 Å². The minimum atomic E-state index is -0.171. The molecule has 1 N–H and O–H groups in total. The van der Waals surface area contributed by atoms with Crippen LogP contribution in [0.1, 0.15) is 35.7 Å². The summed E-state index contributed by atoms with van der Waals surface area (Å²) >= 11 is 0. The van der Waals surface area contributed by atoms with E-state index >= 15 is 0 Å². The maximum atomic E-state index is 12.7. The molecule has 1 unspecified atom stereocenters. The number of Topliss-reactive ketones (excluding diaryl/α,β-unsaturated/α-hetero) is 1. The zero-order valence-electron chi connectivity index (χ0n) is 15.4. The van der Waals surface area contributed by atoms with Gasteiger partial charge in [0.25, 0.3) is 0 Å². The number of nitrogens with zero attached hydrogens (tertiary/aromatic N) is 4. The number of likely N-dealkylation sites (tertiary alicyclic amines) is 1. The smallest absolute Gasteiger partial charge is 0.223 e. The van der Waals surface area contributed by atoms with E-state index < -0.39 is 0 Å². The van der Waals surface area contributed by atoms with E-state index in [1.807, 2.05) is 36.2 Å². The average molecular weight is 365 g/mol. The Morgan fingerprint density at radius 3 is 2.93 bits per heavy atom. The van der Waals surface area contributed by atoms with Gasteiger partial charge in [-0.25, -0.2) is 9.97 Å². The number of carbonyl (C=O) groups is 2. The lowest BCUT2D eigenvalue weighted by Gasteiger charge is -2.32. The van der Waals surface area contributed by atoms with Crippen molar-refractivity contribution in [1.29, 1.82) is 0 Å². The third-order valence-corrected chi connectivity index (χ3v) is 5.20. The fraction of sp³-hybridized carbons (Fsp3) is 0.400. The molecule has 0 saturated carbocycles. The number of aromatic nitrogens is 4. The number of nitrogens with one attached hydrogen (secondary N) is 1. The van der Waals surface area contributed by atoms with Gasteiger partial charge in [-0.2, -0.15) is 0 Å². The van der Waals surface area contributed by atoms with Gasteiger partial charge in [0.1, 0.15) is 5.82 Å². The van der Waals surface area contributed by atoms with Crippen LogP contribution in [0.3, 0.4) is 0 Å². The van der Waals surface area contributed by atoms with Gasteiger partial charge in [-0.05, 0) is 25.0 Å². The number of fused-ring (bicyclic) bond motifs is 1. The van der Waals surface area contributed by atoms with E-state index in [9.17, 15) is 9.59 Å². The van der Waals surface area contributed by atoms with Crippen molar-refractivity contribution in [3.05, 3.63) is 48.3 Å². The number of hydrogen-bond acceptors (Lipinski definition) is 4. The summed E-state index contributed by atoms with van der Waals surface area (Å²) < 4.78 is 1.74. The molecule has 0 radical (unpaired) electrons. The first-order chi connectivity index (χ1) is 13.1. The molecule has 3 aromatic rings. The number of ketones is 1. The van der Waals surface area contributed by atoms with Gasteiger partial charge in [0.2, 0.25) is 11.7 Å². The van der Waals surface area contributed by atoms with Crippen molar-refractivity contribution in [1.82, 2.24) is 24.4 Å². The molecule has 3 heterocycles. The Morgan fingerprint density at radius 1 is 1.30 bits per heavy atom. The minimum Gasteiger partial charge on any atom is -0.342 e. The number of aromatic amines is 1. The second-order valence-electron chi connectivity index (χ2n) is 7.11. The van der Waals surface area contributed by atoms with Crippen LogP contribution in [-0.4, -0.2) is 49.2 Å². The summed E-state index contributed by atoms with van der Waals surface area (Å²) in [6.07, 6.45) is 6.01. The second kappa shape index (κ2) is 7.34. The summed E-state index contributed by atoms with van der Waals surface area (Å²) in [5, 5.41) is 0. The van der Waals surface area contributed by atoms with E-state index in [-0.39, 0.29) is 17.6 Å². The molecule has 1 aromatic carbocycles. The zero-order chi connectivity index (χ0) is 18.8. The summed E-state index contributed by atoms with van der Waals surface area (Å²) in [4.78, 5) is 39.1. The van der Waals surface area contributed by atoms with Crippen molar-refractivity contribution in [2.24, 2.45) is 13.0 Å². The lowest BCUT2D eigenvalue weighted by atomic mass is 9.93. The van der Waals surface area contributed by atoms with Gasteiger partial charge in [0.05, 0.1) is 11.0 Å². The summed E-state index contributed by atoms with van der Waals surface area (Å²) in [6.45, 7) is 1.19. The molecule has 1 aliphatic rings. The second-order valence-corrected chi connectivity index (χ2v) is 7.11. The highest BCUT2D eigenvalue weighted by molar-refractivity contribution is 5.95. The van der Waals surface area contributed by atoms with Crippen LogP contribution in [0.2, 0.25) is 0 Å². The first-order valence-electron chi connectivity index (χ1n) is 9.35. The Bertz CT molecular complexity index is 941. The van der Waals surface area contributed by atoms with Crippen LogP contribution in [0.15, 0.2) is 36.7 Å². The highest BCUT2D eigenvalue weighted by Gasteiger charge is 2.30. The number of hydrogen-bond donors (Lipinski definition) is 1. The molecule has 0 bridgehead atoms. The molecular formula is C20H23N5O2.